The Labute approximate surface area is 101 Å². The van der Waals surface area contributed by atoms with Crippen LogP contribution in [0, 0.1) is 6.92 Å². The minimum Gasteiger partial charge on any atom is -0.345 e. The summed E-state index contributed by atoms with van der Waals surface area (Å²) in [7, 11) is 0. The third kappa shape index (κ3) is 3.41. The van der Waals surface area contributed by atoms with Gasteiger partial charge in [-0.05, 0) is 31.7 Å². The summed E-state index contributed by atoms with van der Waals surface area (Å²) in [5, 5.41) is 2.96. The SMILES string of the molecule is Cc1cnc(NCC(=O)N2CCCCC2)nc1. The zero-order chi connectivity index (χ0) is 12.1. The number of rotatable bonds is 3. The van der Waals surface area contributed by atoms with Crippen LogP contribution in [0.1, 0.15) is 24.8 Å². The van der Waals surface area contributed by atoms with E-state index in [4.69, 9.17) is 0 Å². The van der Waals surface area contributed by atoms with Gasteiger partial charge in [0, 0.05) is 25.5 Å². The fourth-order valence-electron chi connectivity index (χ4n) is 1.89. The molecule has 5 nitrogen and oxygen atoms in total. The summed E-state index contributed by atoms with van der Waals surface area (Å²) in [6.07, 6.45) is 6.94. The normalized spacial score (nSPS) is 15.7. The van der Waals surface area contributed by atoms with E-state index >= 15 is 0 Å². The molecule has 0 unspecified atom stereocenters. The fourth-order valence-corrected chi connectivity index (χ4v) is 1.89. The van der Waals surface area contributed by atoms with Gasteiger partial charge >= 0.3 is 0 Å². The summed E-state index contributed by atoms with van der Waals surface area (Å²) in [6, 6.07) is 0. The number of anilines is 1. The Balaban J connectivity index is 1.81. The third-order valence-electron chi connectivity index (χ3n) is 2.89. The molecule has 5 heteroatoms. The fraction of sp³-hybridized carbons (Fsp3) is 0.583. The van der Waals surface area contributed by atoms with Crippen molar-refractivity contribution >= 4 is 11.9 Å². The molecule has 17 heavy (non-hydrogen) atoms. The average Bonchev–Trinajstić information content (AvgIpc) is 2.39. The lowest BCUT2D eigenvalue weighted by Gasteiger charge is -2.26. The molecule has 1 amide bonds. The monoisotopic (exact) mass is 234 g/mol. The van der Waals surface area contributed by atoms with Crippen LogP contribution in [-0.2, 0) is 4.79 Å². The molecule has 1 fully saturated rings. The molecule has 2 rings (SSSR count). The highest BCUT2D eigenvalue weighted by atomic mass is 16.2. The number of hydrogen-bond acceptors (Lipinski definition) is 4. The van der Waals surface area contributed by atoms with Gasteiger partial charge in [0.2, 0.25) is 11.9 Å². The summed E-state index contributed by atoms with van der Waals surface area (Å²) in [5.74, 6) is 0.648. The second kappa shape index (κ2) is 5.61. The van der Waals surface area contributed by atoms with Crippen LogP contribution in [0.15, 0.2) is 12.4 Å². The Morgan fingerprint density at radius 1 is 1.29 bits per heavy atom. The first-order chi connectivity index (χ1) is 8.25. The number of aromatic nitrogens is 2. The highest BCUT2D eigenvalue weighted by Gasteiger charge is 2.15. The highest BCUT2D eigenvalue weighted by Crippen LogP contribution is 2.08. The maximum Gasteiger partial charge on any atom is 0.241 e. The van der Waals surface area contributed by atoms with Crippen LogP contribution in [0.2, 0.25) is 0 Å². The number of amides is 1. The molecule has 0 spiro atoms. The molecular formula is C12H18N4O. The van der Waals surface area contributed by atoms with Gasteiger partial charge in [0.15, 0.2) is 0 Å². The van der Waals surface area contributed by atoms with Crippen LogP contribution in [0.3, 0.4) is 0 Å². The van der Waals surface area contributed by atoms with Gasteiger partial charge < -0.3 is 10.2 Å². The van der Waals surface area contributed by atoms with Crippen LogP contribution in [-0.4, -0.2) is 40.4 Å². The van der Waals surface area contributed by atoms with Crippen molar-refractivity contribution in [2.45, 2.75) is 26.2 Å². The molecule has 0 radical (unpaired) electrons. The minimum absolute atomic E-state index is 0.133. The predicted molar refractivity (Wildman–Crippen MR) is 65.7 cm³/mol. The van der Waals surface area contributed by atoms with Gasteiger partial charge in [0.1, 0.15) is 0 Å². The first kappa shape index (κ1) is 11.8. The van der Waals surface area contributed by atoms with E-state index in [0.29, 0.717) is 5.95 Å². The number of nitrogens with one attached hydrogen (secondary N) is 1. The van der Waals surface area contributed by atoms with Crippen molar-refractivity contribution in [2.24, 2.45) is 0 Å². The third-order valence-corrected chi connectivity index (χ3v) is 2.89. The smallest absolute Gasteiger partial charge is 0.241 e. The van der Waals surface area contributed by atoms with E-state index in [1.54, 1.807) is 12.4 Å². The van der Waals surface area contributed by atoms with Crippen LogP contribution in [0.5, 0.6) is 0 Å². The van der Waals surface area contributed by atoms with Crippen molar-refractivity contribution in [1.82, 2.24) is 14.9 Å². The molecule has 92 valence electrons. The molecule has 1 aromatic rings. The number of aryl methyl sites for hydroxylation is 1. The van der Waals surface area contributed by atoms with E-state index in [1.165, 1.54) is 6.42 Å². The lowest BCUT2D eigenvalue weighted by molar-refractivity contribution is -0.130. The molecule has 1 aromatic heterocycles. The van der Waals surface area contributed by atoms with Gasteiger partial charge in [0.25, 0.3) is 0 Å². The summed E-state index contributed by atoms with van der Waals surface area (Å²) in [4.78, 5) is 22.0. The van der Waals surface area contributed by atoms with Crippen LogP contribution in [0.4, 0.5) is 5.95 Å². The molecule has 2 heterocycles. The van der Waals surface area contributed by atoms with E-state index in [0.717, 1.165) is 31.5 Å². The Morgan fingerprint density at radius 3 is 2.59 bits per heavy atom. The number of carbonyl (C=O) groups is 1. The number of carbonyl (C=O) groups excluding carboxylic acids is 1. The van der Waals surface area contributed by atoms with Gasteiger partial charge in [-0.1, -0.05) is 0 Å². The summed E-state index contributed by atoms with van der Waals surface area (Å²) in [6.45, 7) is 3.98. The zero-order valence-electron chi connectivity index (χ0n) is 10.1. The Kier molecular flexibility index (Phi) is 3.90. The van der Waals surface area contributed by atoms with Crippen molar-refractivity contribution in [1.29, 1.82) is 0 Å². The van der Waals surface area contributed by atoms with Crippen LogP contribution >= 0.6 is 0 Å². The Morgan fingerprint density at radius 2 is 1.94 bits per heavy atom. The van der Waals surface area contributed by atoms with Gasteiger partial charge in [-0.3, -0.25) is 4.79 Å². The highest BCUT2D eigenvalue weighted by molar-refractivity contribution is 5.80. The number of piperidine rings is 1. The van der Waals surface area contributed by atoms with E-state index in [1.807, 2.05) is 11.8 Å². The molecule has 1 saturated heterocycles. The largest absolute Gasteiger partial charge is 0.345 e. The first-order valence-corrected chi connectivity index (χ1v) is 6.06. The minimum atomic E-state index is 0.133. The Bertz CT molecular complexity index is 371. The molecule has 0 aromatic carbocycles. The molecule has 1 N–H and O–H groups in total. The predicted octanol–water partition coefficient (Wildman–Crippen LogP) is 1.21. The van der Waals surface area contributed by atoms with E-state index in [2.05, 4.69) is 15.3 Å². The van der Waals surface area contributed by atoms with Crippen molar-refractivity contribution in [3.63, 3.8) is 0 Å². The topological polar surface area (TPSA) is 58.1 Å². The van der Waals surface area contributed by atoms with E-state index < -0.39 is 0 Å². The molecule has 0 saturated carbocycles. The second-order valence-electron chi connectivity index (χ2n) is 4.38. The quantitative estimate of drug-likeness (QED) is 0.854. The van der Waals surface area contributed by atoms with Crippen molar-refractivity contribution < 1.29 is 4.79 Å². The second-order valence-corrected chi connectivity index (χ2v) is 4.38. The number of likely N-dealkylation sites (tertiary alicyclic amines) is 1. The molecular weight excluding hydrogens is 216 g/mol. The standard InChI is InChI=1S/C12H18N4O/c1-10-7-13-12(14-8-10)15-9-11(17)16-5-3-2-4-6-16/h7-8H,2-6,9H2,1H3,(H,13,14,15). The zero-order valence-corrected chi connectivity index (χ0v) is 10.1. The van der Waals surface area contributed by atoms with Crippen LogP contribution in [0.25, 0.3) is 0 Å². The van der Waals surface area contributed by atoms with Crippen molar-refractivity contribution in [3.05, 3.63) is 18.0 Å². The molecule has 0 bridgehead atoms. The van der Waals surface area contributed by atoms with Gasteiger partial charge in [-0.25, -0.2) is 9.97 Å². The summed E-state index contributed by atoms with van der Waals surface area (Å²) in [5.41, 5.74) is 1.01. The number of hydrogen-bond donors (Lipinski definition) is 1. The maximum absolute atomic E-state index is 11.8. The molecule has 1 aliphatic heterocycles. The van der Waals surface area contributed by atoms with Crippen LogP contribution < -0.4 is 5.32 Å². The van der Waals surface area contributed by atoms with Crippen molar-refractivity contribution in [3.8, 4) is 0 Å². The first-order valence-electron chi connectivity index (χ1n) is 6.06. The van der Waals surface area contributed by atoms with Crippen molar-refractivity contribution in [2.75, 3.05) is 25.0 Å². The lowest BCUT2D eigenvalue weighted by atomic mass is 10.1. The molecule has 0 aliphatic carbocycles. The summed E-state index contributed by atoms with van der Waals surface area (Å²) >= 11 is 0. The molecule has 1 aliphatic rings. The van der Waals surface area contributed by atoms with E-state index in [9.17, 15) is 4.79 Å². The lowest BCUT2D eigenvalue weighted by Crippen LogP contribution is -2.39. The maximum atomic E-state index is 11.8. The average molecular weight is 234 g/mol. The van der Waals surface area contributed by atoms with Gasteiger partial charge in [-0.15, -0.1) is 0 Å². The molecule has 0 atom stereocenters. The summed E-state index contributed by atoms with van der Waals surface area (Å²) < 4.78 is 0. The Hall–Kier alpha value is -1.65. The van der Waals surface area contributed by atoms with Gasteiger partial charge in [0.05, 0.1) is 6.54 Å². The van der Waals surface area contributed by atoms with E-state index in [-0.39, 0.29) is 12.5 Å². The number of nitrogens with zero attached hydrogens (tertiary/aromatic N) is 3. The van der Waals surface area contributed by atoms with Gasteiger partial charge in [-0.2, -0.15) is 0 Å².